The van der Waals surface area contributed by atoms with Crippen molar-refractivity contribution in [2.24, 2.45) is 5.73 Å². The minimum atomic E-state index is -0.979. The lowest BCUT2D eigenvalue weighted by molar-refractivity contribution is -0.126. The summed E-state index contributed by atoms with van der Waals surface area (Å²) < 4.78 is 0. The molecule has 0 spiro atoms. The number of rotatable bonds is 4. The van der Waals surface area contributed by atoms with E-state index in [1.54, 1.807) is 0 Å². The van der Waals surface area contributed by atoms with Crippen LogP contribution in [-0.4, -0.2) is 35.5 Å². The van der Waals surface area contributed by atoms with Crippen molar-refractivity contribution in [2.75, 3.05) is 0 Å². The summed E-state index contributed by atoms with van der Waals surface area (Å²) in [4.78, 5) is 21.1. The minimum Gasteiger partial charge on any atom is -0.391 e. The van der Waals surface area contributed by atoms with Crippen LogP contribution < -0.4 is 11.1 Å². The molecule has 4 N–H and O–H groups in total. The van der Waals surface area contributed by atoms with Crippen LogP contribution in [-0.2, 0) is 9.59 Å². The van der Waals surface area contributed by atoms with Crippen LogP contribution in [0.15, 0.2) is 0 Å². The molecule has 5 nitrogen and oxygen atoms in total. The van der Waals surface area contributed by atoms with Crippen LogP contribution in [0.3, 0.4) is 0 Å². The summed E-state index contributed by atoms with van der Waals surface area (Å²) in [5, 5.41) is 11.2. The first kappa shape index (κ1) is 11.1. The van der Waals surface area contributed by atoms with Gasteiger partial charge in [-0.25, -0.2) is 0 Å². The van der Waals surface area contributed by atoms with Gasteiger partial charge in [-0.2, -0.15) is 0 Å². The number of aliphatic hydroxyl groups is 1. The Balaban J connectivity index is 3.95. The average molecular weight is 174 g/mol. The van der Waals surface area contributed by atoms with E-state index in [2.05, 4.69) is 5.32 Å². The summed E-state index contributed by atoms with van der Waals surface area (Å²) in [5.74, 6) is -0.524. The molecule has 0 rings (SSSR count). The lowest BCUT2D eigenvalue weighted by Crippen LogP contribution is -2.49. The number of amides is 1. The Bertz CT molecular complexity index is 170. The van der Waals surface area contributed by atoms with E-state index in [-0.39, 0.29) is 0 Å². The van der Waals surface area contributed by atoms with Crippen molar-refractivity contribution in [3.05, 3.63) is 0 Å². The smallest absolute Gasteiger partial charge is 0.240 e. The van der Waals surface area contributed by atoms with E-state index >= 15 is 0 Å². The molecule has 0 aromatic carbocycles. The van der Waals surface area contributed by atoms with Gasteiger partial charge in [-0.3, -0.25) is 4.79 Å². The van der Waals surface area contributed by atoms with E-state index in [1.807, 2.05) is 0 Å². The fourth-order valence-corrected chi connectivity index (χ4v) is 0.574. The van der Waals surface area contributed by atoms with E-state index in [0.29, 0.717) is 6.29 Å². The second-order valence-corrected chi connectivity index (χ2v) is 2.70. The predicted molar refractivity (Wildman–Crippen MR) is 43.3 cm³/mol. The highest BCUT2D eigenvalue weighted by molar-refractivity contribution is 5.84. The number of aldehydes is 1. The maximum absolute atomic E-state index is 11.0. The molecule has 0 aromatic rings. The summed E-state index contributed by atoms with van der Waals surface area (Å²) in [6.45, 7) is 2.94. The van der Waals surface area contributed by atoms with Gasteiger partial charge in [-0.15, -0.1) is 0 Å². The molecule has 0 fully saturated rings. The fourth-order valence-electron chi connectivity index (χ4n) is 0.574. The zero-order valence-electron chi connectivity index (χ0n) is 7.15. The standard InChI is InChI=1S/C7H14N2O3/c1-4(3-10)9-7(12)6(8)5(2)11/h3-6,11H,8H2,1-2H3,(H,9,12)/t4?,5?,6-/m0/s1. The van der Waals surface area contributed by atoms with Gasteiger partial charge in [0.1, 0.15) is 12.3 Å². The van der Waals surface area contributed by atoms with Crippen LogP contribution in [0.4, 0.5) is 0 Å². The first-order chi connectivity index (χ1) is 5.49. The molecule has 12 heavy (non-hydrogen) atoms. The quantitative estimate of drug-likeness (QED) is 0.447. The Morgan fingerprint density at radius 1 is 1.58 bits per heavy atom. The molecular formula is C7H14N2O3. The number of nitrogens with one attached hydrogen (secondary N) is 1. The Labute approximate surface area is 70.9 Å². The third-order valence-electron chi connectivity index (χ3n) is 1.40. The molecule has 1 amide bonds. The fraction of sp³-hybridized carbons (Fsp3) is 0.714. The third-order valence-corrected chi connectivity index (χ3v) is 1.40. The second kappa shape index (κ2) is 4.84. The van der Waals surface area contributed by atoms with Gasteiger partial charge < -0.3 is 21.0 Å². The second-order valence-electron chi connectivity index (χ2n) is 2.70. The molecule has 0 saturated heterocycles. The van der Waals surface area contributed by atoms with Crippen molar-refractivity contribution < 1.29 is 14.7 Å². The van der Waals surface area contributed by atoms with Crippen LogP contribution in [0.1, 0.15) is 13.8 Å². The molecule has 70 valence electrons. The molecule has 3 atom stereocenters. The Morgan fingerprint density at radius 3 is 2.42 bits per heavy atom. The van der Waals surface area contributed by atoms with Crippen molar-refractivity contribution in [2.45, 2.75) is 32.0 Å². The largest absolute Gasteiger partial charge is 0.391 e. The van der Waals surface area contributed by atoms with Gasteiger partial charge in [-0.05, 0) is 13.8 Å². The van der Waals surface area contributed by atoms with Crippen molar-refractivity contribution in [1.82, 2.24) is 5.32 Å². The minimum absolute atomic E-state index is 0.524. The number of nitrogens with two attached hydrogens (primary N) is 1. The maximum atomic E-state index is 11.0. The van der Waals surface area contributed by atoms with E-state index in [4.69, 9.17) is 10.8 Å². The monoisotopic (exact) mass is 174 g/mol. The predicted octanol–water partition coefficient (Wildman–Crippen LogP) is -1.60. The van der Waals surface area contributed by atoms with Crippen molar-refractivity contribution in [1.29, 1.82) is 0 Å². The SMILES string of the molecule is CC(C=O)NC(=O)[C@@H](N)C(C)O. The van der Waals surface area contributed by atoms with Gasteiger partial charge in [0.15, 0.2) is 0 Å². The van der Waals surface area contributed by atoms with Gasteiger partial charge in [0.25, 0.3) is 0 Å². The molecule has 0 radical (unpaired) electrons. The van der Waals surface area contributed by atoms with Crippen molar-refractivity contribution in [3.63, 3.8) is 0 Å². The molecule has 0 aromatic heterocycles. The Kier molecular flexibility index (Phi) is 4.46. The van der Waals surface area contributed by atoms with E-state index in [1.165, 1.54) is 13.8 Å². The number of carbonyl (C=O) groups excluding carboxylic acids is 2. The molecule has 2 unspecified atom stereocenters. The highest BCUT2D eigenvalue weighted by atomic mass is 16.3. The third kappa shape index (κ3) is 3.45. The molecule has 5 heteroatoms. The highest BCUT2D eigenvalue weighted by Gasteiger charge is 2.19. The molecule has 0 aliphatic carbocycles. The van der Waals surface area contributed by atoms with Crippen LogP contribution in [0.25, 0.3) is 0 Å². The average Bonchev–Trinajstić information content (AvgIpc) is 2.02. The Hall–Kier alpha value is -0.940. The Morgan fingerprint density at radius 2 is 2.08 bits per heavy atom. The van der Waals surface area contributed by atoms with Gasteiger partial charge in [0.2, 0.25) is 5.91 Å². The van der Waals surface area contributed by atoms with Crippen molar-refractivity contribution in [3.8, 4) is 0 Å². The van der Waals surface area contributed by atoms with Gasteiger partial charge in [0, 0.05) is 0 Å². The van der Waals surface area contributed by atoms with Gasteiger partial charge in [-0.1, -0.05) is 0 Å². The van der Waals surface area contributed by atoms with Crippen LogP contribution in [0.5, 0.6) is 0 Å². The lowest BCUT2D eigenvalue weighted by atomic mass is 10.2. The molecule has 0 bridgehead atoms. The first-order valence-corrected chi connectivity index (χ1v) is 3.68. The van der Waals surface area contributed by atoms with Gasteiger partial charge in [0.05, 0.1) is 12.1 Å². The van der Waals surface area contributed by atoms with E-state index < -0.39 is 24.1 Å². The number of aliphatic hydroxyl groups excluding tert-OH is 1. The topological polar surface area (TPSA) is 92.4 Å². The molecule has 0 aliphatic rings. The summed E-state index contributed by atoms with van der Waals surface area (Å²) in [6.07, 6.45) is -0.323. The summed E-state index contributed by atoms with van der Waals surface area (Å²) in [5.41, 5.74) is 5.29. The lowest BCUT2D eigenvalue weighted by Gasteiger charge is -2.15. The molecule has 0 saturated carbocycles. The van der Waals surface area contributed by atoms with Crippen LogP contribution in [0.2, 0.25) is 0 Å². The maximum Gasteiger partial charge on any atom is 0.240 e. The first-order valence-electron chi connectivity index (χ1n) is 3.68. The van der Waals surface area contributed by atoms with Crippen LogP contribution in [0, 0.1) is 0 Å². The summed E-state index contributed by atoms with van der Waals surface area (Å²) in [7, 11) is 0. The van der Waals surface area contributed by atoms with E-state index in [9.17, 15) is 9.59 Å². The van der Waals surface area contributed by atoms with Crippen LogP contribution >= 0.6 is 0 Å². The molecular weight excluding hydrogens is 160 g/mol. The summed E-state index contributed by atoms with van der Waals surface area (Å²) in [6, 6.07) is -1.55. The zero-order valence-corrected chi connectivity index (χ0v) is 7.15. The summed E-state index contributed by atoms with van der Waals surface area (Å²) >= 11 is 0. The number of hydrogen-bond donors (Lipinski definition) is 3. The zero-order chi connectivity index (χ0) is 9.72. The highest BCUT2D eigenvalue weighted by Crippen LogP contribution is 1.89. The molecule has 0 heterocycles. The normalized spacial score (nSPS) is 17.7. The molecule has 0 aliphatic heterocycles. The van der Waals surface area contributed by atoms with E-state index in [0.717, 1.165) is 0 Å². The van der Waals surface area contributed by atoms with Gasteiger partial charge >= 0.3 is 0 Å². The number of carbonyl (C=O) groups is 2. The number of hydrogen-bond acceptors (Lipinski definition) is 4. The van der Waals surface area contributed by atoms with Crippen molar-refractivity contribution >= 4 is 12.2 Å².